The predicted octanol–water partition coefficient (Wildman–Crippen LogP) is 4.31. The number of hydrogen-bond acceptors (Lipinski definition) is 7. The number of alkyl halides is 3. The summed E-state index contributed by atoms with van der Waals surface area (Å²) in [5, 5.41) is 0. The average Bonchev–Trinajstić information content (AvgIpc) is 3.29. The van der Waals surface area contributed by atoms with Gasteiger partial charge >= 0.3 is 15.5 Å². The molecular weight excluding hydrogens is 509 g/mol. The van der Waals surface area contributed by atoms with Gasteiger partial charge in [0.2, 0.25) is 0 Å². The summed E-state index contributed by atoms with van der Waals surface area (Å²) in [6.45, 7) is -0.0528. The smallest absolute Gasteiger partial charge is 0.491 e. The van der Waals surface area contributed by atoms with Gasteiger partial charge in [0.05, 0.1) is 18.8 Å². The van der Waals surface area contributed by atoms with Gasteiger partial charge in [0.1, 0.15) is 12.4 Å². The molecule has 2 N–H and O–H groups in total. The highest BCUT2D eigenvalue weighted by Crippen LogP contribution is 2.41. The minimum absolute atomic E-state index is 0.168. The third-order valence-corrected chi connectivity index (χ3v) is 8.58. The summed E-state index contributed by atoms with van der Waals surface area (Å²) in [6.07, 6.45) is 6.22. The van der Waals surface area contributed by atoms with Gasteiger partial charge in [-0.05, 0) is 36.6 Å². The van der Waals surface area contributed by atoms with Gasteiger partial charge in [-0.25, -0.2) is 8.42 Å². The van der Waals surface area contributed by atoms with Crippen molar-refractivity contribution in [2.24, 2.45) is 5.92 Å². The van der Waals surface area contributed by atoms with Crippen molar-refractivity contribution >= 4 is 21.4 Å². The molecule has 1 aliphatic carbocycles. The van der Waals surface area contributed by atoms with Crippen molar-refractivity contribution in [1.82, 2.24) is 9.29 Å². The summed E-state index contributed by atoms with van der Waals surface area (Å²) in [6, 6.07) is 8.09. The molecule has 1 atom stereocenters. The number of ether oxygens (including phenoxy) is 2. The van der Waals surface area contributed by atoms with E-state index in [1.807, 2.05) is 4.90 Å². The second-order valence-electron chi connectivity index (χ2n) is 9.59. The van der Waals surface area contributed by atoms with Crippen LogP contribution in [-0.2, 0) is 27.8 Å². The van der Waals surface area contributed by atoms with Gasteiger partial charge in [-0.3, -0.25) is 4.98 Å². The van der Waals surface area contributed by atoms with Gasteiger partial charge in [0.15, 0.2) is 0 Å². The van der Waals surface area contributed by atoms with Crippen molar-refractivity contribution in [3.05, 3.63) is 47.8 Å². The monoisotopic (exact) mass is 542 g/mol. The molecule has 0 saturated heterocycles. The van der Waals surface area contributed by atoms with E-state index in [1.165, 1.54) is 7.11 Å². The first-order valence-corrected chi connectivity index (χ1v) is 13.8. The van der Waals surface area contributed by atoms with E-state index in [4.69, 9.17) is 15.2 Å². The molecule has 1 unspecified atom stereocenters. The van der Waals surface area contributed by atoms with Crippen LogP contribution in [0.15, 0.2) is 36.5 Å². The number of anilines is 2. The molecule has 12 heteroatoms. The number of methoxy groups -OCH3 is 1. The Hall–Kier alpha value is -2.57. The molecule has 1 aliphatic heterocycles. The zero-order valence-corrected chi connectivity index (χ0v) is 21.6. The molecule has 2 heterocycles. The summed E-state index contributed by atoms with van der Waals surface area (Å²) < 4.78 is 78.2. The van der Waals surface area contributed by atoms with Crippen LogP contribution in [0.1, 0.15) is 43.4 Å². The quantitative estimate of drug-likeness (QED) is 0.472. The van der Waals surface area contributed by atoms with Crippen LogP contribution >= 0.6 is 0 Å². The van der Waals surface area contributed by atoms with Crippen molar-refractivity contribution in [1.29, 1.82) is 0 Å². The maximum absolute atomic E-state index is 13.8. The standard InChI is InChI=1S/C25H33F3N4O4S/c1-35-11-12-36-24-8-4-7-23-22(24)17-31(37(33,34)25(26,27)28)16-21(13-18-5-2-3-6-18)32(23)15-20-14-19(29)9-10-30-20/h4,7-10,14,18,21H,2-3,5-6,11-13,15-17H2,1H3,(H2,29,30). The number of nitrogens with two attached hydrogens (primary N) is 1. The molecule has 2 aliphatic rings. The maximum Gasteiger partial charge on any atom is 0.511 e. The average molecular weight is 543 g/mol. The van der Waals surface area contributed by atoms with Gasteiger partial charge < -0.3 is 20.1 Å². The van der Waals surface area contributed by atoms with Crippen molar-refractivity contribution in [3.8, 4) is 5.75 Å². The fourth-order valence-electron chi connectivity index (χ4n) is 5.26. The number of sulfonamides is 1. The highest BCUT2D eigenvalue weighted by Gasteiger charge is 2.51. The number of nitrogens with zero attached hydrogens (tertiary/aromatic N) is 3. The van der Waals surface area contributed by atoms with Crippen LogP contribution in [0.4, 0.5) is 24.5 Å². The number of nitrogen functional groups attached to an aromatic ring is 1. The third-order valence-electron chi connectivity index (χ3n) is 7.04. The van der Waals surface area contributed by atoms with Crippen LogP contribution in [0.3, 0.4) is 0 Å². The summed E-state index contributed by atoms with van der Waals surface area (Å²) in [4.78, 5) is 6.39. The van der Waals surface area contributed by atoms with E-state index < -0.39 is 28.1 Å². The molecule has 0 bridgehead atoms. The minimum atomic E-state index is -5.59. The fourth-order valence-corrected chi connectivity index (χ4v) is 6.22. The Morgan fingerprint density at radius 2 is 1.92 bits per heavy atom. The van der Waals surface area contributed by atoms with Crippen LogP contribution in [-0.4, -0.2) is 56.1 Å². The zero-order chi connectivity index (χ0) is 26.6. The minimum Gasteiger partial charge on any atom is -0.491 e. The lowest BCUT2D eigenvalue weighted by Crippen LogP contribution is -2.47. The Morgan fingerprint density at radius 3 is 2.59 bits per heavy atom. The highest BCUT2D eigenvalue weighted by atomic mass is 32.2. The molecule has 0 amide bonds. The largest absolute Gasteiger partial charge is 0.511 e. The Labute approximate surface area is 215 Å². The van der Waals surface area contributed by atoms with Crippen molar-refractivity contribution in [2.45, 2.75) is 56.7 Å². The number of benzene rings is 1. The SMILES string of the molecule is COCCOc1cccc2c1CN(S(=O)(=O)C(F)(F)F)CC(CC1CCCC1)N2Cc1cc(N)ccn1. The van der Waals surface area contributed by atoms with E-state index in [1.54, 1.807) is 36.5 Å². The van der Waals surface area contributed by atoms with Gasteiger partial charge in [-0.15, -0.1) is 0 Å². The van der Waals surface area contributed by atoms with E-state index in [2.05, 4.69) is 4.98 Å². The van der Waals surface area contributed by atoms with Gasteiger partial charge in [0, 0.05) is 49.4 Å². The normalized spacial score (nSPS) is 19.6. The second-order valence-corrected chi connectivity index (χ2v) is 11.5. The lowest BCUT2D eigenvalue weighted by atomic mass is 9.96. The first kappa shape index (κ1) is 27.5. The summed E-state index contributed by atoms with van der Waals surface area (Å²) >= 11 is 0. The number of hydrogen-bond donors (Lipinski definition) is 1. The molecular formula is C25H33F3N4O4S. The Bertz CT molecular complexity index is 1170. The first-order valence-electron chi connectivity index (χ1n) is 12.4. The number of fused-ring (bicyclic) bond motifs is 1. The van der Waals surface area contributed by atoms with E-state index in [0.29, 0.717) is 45.0 Å². The van der Waals surface area contributed by atoms with E-state index in [9.17, 15) is 21.6 Å². The van der Waals surface area contributed by atoms with Gasteiger partial charge in [0.25, 0.3) is 0 Å². The molecule has 2 aromatic rings. The zero-order valence-electron chi connectivity index (χ0n) is 20.8. The molecule has 4 rings (SSSR count). The number of aromatic nitrogens is 1. The molecule has 1 fully saturated rings. The van der Waals surface area contributed by atoms with Crippen LogP contribution in [0.2, 0.25) is 0 Å². The van der Waals surface area contributed by atoms with Crippen molar-refractivity contribution < 1.29 is 31.1 Å². The van der Waals surface area contributed by atoms with E-state index in [-0.39, 0.29) is 26.3 Å². The number of rotatable bonds is 9. The number of halogens is 3. The second kappa shape index (κ2) is 11.4. The van der Waals surface area contributed by atoms with E-state index >= 15 is 0 Å². The molecule has 1 saturated carbocycles. The Morgan fingerprint density at radius 1 is 1.16 bits per heavy atom. The van der Waals surface area contributed by atoms with Gasteiger partial charge in [-0.2, -0.15) is 17.5 Å². The molecule has 1 aromatic heterocycles. The summed E-state index contributed by atoms with van der Waals surface area (Å²) in [5.41, 5.74) is 2.72. The Kier molecular flexibility index (Phi) is 8.49. The third kappa shape index (κ3) is 6.29. The van der Waals surface area contributed by atoms with Crippen LogP contribution in [0.25, 0.3) is 0 Å². The fraction of sp³-hybridized carbons (Fsp3) is 0.560. The van der Waals surface area contributed by atoms with Crippen molar-refractivity contribution in [3.63, 3.8) is 0 Å². The van der Waals surface area contributed by atoms with Crippen LogP contribution in [0.5, 0.6) is 5.75 Å². The molecule has 0 radical (unpaired) electrons. The topological polar surface area (TPSA) is 98.0 Å². The van der Waals surface area contributed by atoms with E-state index in [0.717, 1.165) is 25.7 Å². The maximum atomic E-state index is 13.8. The first-order chi connectivity index (χ1) is 17.6. The molecule has 204 valence electrons. The van der Waals surface area contributed by atoms with Crippen LogP contribution < -0.4 is 15.4 Å². The molecule has 8 nitrogen and oxygen atoms in total. The van der Waals surface area contributed by atoms with Crippen molar-refractivity contribution in [2.75, 3.05) is 37.5 Å². The number of pyridine rings is 1. The molecule has 0 spiro atoms. The Balaban J connectivity index is 1.82. The van der Waals surface area contributed by atoms with Crippen LogP contribution in [0, 0.1) is 5.92 Å². The molecule has 37 heavy (non-hydrogen) atoms. The highest BCUT2D eigenvalue weighted by molar-refractivity contribution is 7.89. The van der Waals surface area contributed by atoms with Gasteiger partial charge in [-0.1, -0.05) is 31.7 Å². The summed E-state index contributed by atoms with van der Waals surface area (Å²) in [7, 11) is -4.07. The predicted molar refractivity (Wildman–Crippen MR) is 134 cm³/mol. The molecule has 1 aromatic carbocycles. The summed E-state index contributed by atoms with van der Waals surface area (Å²) in [5.74, 6) is 0.628. The lowest BCUT2D eigenvalue weighted by Gasteiger charge is -2.35. The lowest BCUT2D eigenvalue weighted by molar-refractivity contribution is -0.0492.